The second kappa shape index (κ2) is 12.9. The summed E-state index contributed by atoms with van der Waals surface area (Å²) in [7, 11) is -0.824. The van der Waals surface area contributed by atoms with Crippen LogP contribution in [0.1, 0.15) is 12.8 Å². The molecule has 0 bridgehead atoms. The number of aliphatic hydroxyl groups is 1. The average Bonchev–Trinajstić information content (AvgIpc) is 2.95. The maximum Gasteiger partial charge on any atom is 0.262 e. The second-order valence-electron chi connectivity index (χ2n) is 9.12. The number of para-hydroxylation sites is 1. The molecule has 1 atom stereocenters. The fourth-order valence-corrected chi connectivity index (χ4v) is 5.42. The summed E-state index contributed by atoms with van der Waals surface area (Å²) in [4.78, 5) is 2.37. The van der Waals surface area contributed by atoms with E-state index in [1.165, 1.54) is 26.4 Å². The Labute approximate surface area is 224 Å². The third kappa shape index (κ3) is 7.31. The first-order valence-corrected chi connectivity index (χ1v) is 14.1. The van der Waals surface area contributed by atoms with E-state index in [0.29, 0.717) is 29.8 Å². The molecular weight excluding hydrogens is 506 g/mol. The summed E-state index contributed by atoms with van der Waals surface area (Å²) in [6.45, 7) is 2.46. The molecule has 1 aliphatic heterocycles. The number of anilines is 2. The predicted octanol–water partition coefficient (Wildman–Crippen LogP) is 3.50. The van der Waals surface area contributed by atoms with Crippen molar-refractivity contribution in [3.8, 4) is 17.2 Å². The Morgan fingerprint density at radius 3 is 2.29 bits per heavy atom. The largest absolute Gasteiger partial charge is 0.493 e. The molecule has 204 valence electrons. The molecular formula is C28H35N3O6S. The van der Waals surface area contributed by atoms with E-state index in [4.69, 9.17) is 14.2 Å². The molecule has 38 heavy (non-hydrogen) atoms. The summed E-state index contributed by atoms with van der Waals surface area (Å²) in [6.07, 6.45) is 1.31. The Balaban J connectivity index is 1.24. The Hall–Kier alpha value is -3.47. The molecule has 0 radical (unpaired) electrons. The number of benzene rings is 3. The average molecular weight is 542 g/mol. The van der Waals surface area contributed by atoms with Crippen LogP contribution in [0, 0.1) is 0 Å². The molecule has 3 aromatic carbocycles. The zero-order valence-corrected chi connectivity index (χ0v) is 22.5. The molecule has 1 aliphatic rings. The maximum atomic E-state index is 12.9. The molecule has 1 saturated heterocycles. The Kier molecular flexibility index (Phi) is 9.33. The molecule has 3 N–H and O–H groups in total. The topological polar surface area (TPSA) is 109 Å². The van der Waals surface area contributed by atoms with Crippen LogP contribution in [0.15, 0.2) is 77.7 Å². The number of methoxy groups -OCH3 is 2. The summed E-state index contributed by atoms with van der Waals surface area (Å²) in [5.74, 6) is 1.56. The summed E-state index contributed by atoms with van der Waals surface area (Å²) >= 11 is 0. The van der Waals surface area contributed by atoms with Gasteiger partial charge in [-0.25, -0.2) is 8.42 Å². The van der Waals surface area contributed by atoms with E-state index in [9.17, 15) is 13.5 Å². The molecule has 0 aliphatic carbocycles. The van der Waals surface area contributed by atoms with Crippen molar-refractivity contribution < 1.29 is 27.7 Å². The van der Waals surface area contributed by atoms with Gasteiger partial charge in [0.05, 0.1) is 19.1 Å². The zero-order chi connectivity index (χ0) is 27.0. The van der Waals surface area contributed by atoms with Gasteiger partial charge in [0.2, 0.25) is 0 Å². The summed E-state index contributed by atoms with van der Waals surface area (Å²) < 4.78 is 44.4. The number of nitrogens with one attached hydrogen (secondary N) is 2. The van der Waals surface area contributed by atoms with Crippen LogP contribution in [0.5, 0.6) is 17.2 Å². The molecule has 4 rings (SSSR count). The van der Waals surface area contributed by atoms with Gasteiger partial charge in [-0.05, 0) is 61.4 Å². The lowest BCUT2D eigenvalue weighted by Crippen LogP contribution is -2.45. The van der Waals surface area contributed by atoms with Crippen molar-refractivity contribution >= 4 is 21.4 Å². The second-order valence-corrected chi connectivity index (χ2v) is 10.8. The van der Waals surface area contributed by atoms with Crippen molar-refractivity contribution in [3.05, 3.63) is 72.8 Å². The standard InChI is InChI=1S/C28H35N3O6S/c1-35-27-13-12-26(18-28(27)36-2)38(33,34)30-22-8-10-23(11-9-22)31-16-14-21(15-17-31)29-19-24(32)20-37-25-6-4-3-5-7-25/h3-13,18,21,24,29-30,32H,14-17,19-20H2,1-2H3/t24-/m0/s1. The maximum absolute atomic E-state index is 12.9. The van der Waals surface area contributed by atoms with Crippen LogP contribution < -0.4 is 29.1 Å². The van der Waals surface area contributed by atoms with E-state index < -0.39 is 16.1 Å². The van der Waals surface area contributed by atoms with Crippen molar-refractivity contribution in [2.45, 2.75) is 29.9 Å². The number of ether oxygens (including phenoxy) is 3. The Bertz CT molecular complexity index is 1260. The van der Waals surface area contributed by atoms with Crippen molar-refractivity contribution in [3.63, 3.8) is 0 Å². The number of rotatable bonds is 12. The van der Waals surface area contributed by atoms with Crippen LogP contribution in [-0.2, 0) is 10.0 Å². The highest BCUT2D eigenvalue weighted by atomic mass is 32.2. The predicted molar refractivity (Wildman–Crippen MR) is 148 cm³/mol. The summed E-state index contributed by atoms with van der Waals surface area (Å²) in [5, 5.41) is 13.7. The first-order valence-electron chi connectivity index (χ1n) is 12.6. The van der Waals surface area contributed by atoms with Gasteiger partial charge in [0.25, 0.3) is 10.0 Å². The van der Waals surface area contributed by atoms with Crippen molar-refractivity contribution in [1.29, 1.82) is 0 Å². The van der Waals surface area contributed by atoms with E-state index in [0.717, 1.165) is 37.4 Å². The number of hydrogen-bond donors (Lipinski definition) is 3. The SMILES string of the molecule is COc1ccc(S(=O)(=O)Nc2ccc(N3CCC(NC[C@H](O)COc4ccccc4)CC3)cc2)cc1OC. The minimum absolute atomic E-state index is 0.0885. The highest BCUT2D eigenvalue weighted by Crippen LogP contribution is 2.30. The van der Waals surface area contributed by atoms with E-state index in [1.54, 1.807) is 18.2 Å². The first kappa shape index (κ1) is 27.6. The molecule has 10 heteroatoms. The molecule has 0 spiro atoms. The molecule has 1 fully saturated rings. The number of piperidine rings is 1. The van der Waals surface area contributed by atoms with Crippen LogP contribution in [0.2, 0.25) is 0 Å². The number of sulfonamides is 1. The lowest BCUT2D eigenvalue weighted by atomic mass is 10.0. The van der Waals surface area contributed by atoms with Crippen LogP contribution >= 0.6 is 0 Å². The normalized spacial score (nSPS) is 15.1. The van der Waals surface area contributed by atoms with Gasteiger partial charge < -0.3 is 29.5 Å². The van der Waals surface area contributed by atoms with Gasteiger partial charge in [-0.3, -0.25) is 4.72 Å². The summed E-state index contributed by atoms with van der Waals surface area (Å²) in [6, 6.07) is 21.6. The third-order valence-corrected chi connectivity index (χ3v) is 7.85. The van der Waals surface area contributed by atoms with E-state index in [-0.39, 0.29) is 11.5 Å². The van der Waals surface area contributed by atoms with Gasteiger partial charge in [-0.15, -0.1) is 0 Å². The molecule has 0 aromatic heterocycles. The minimum atomic E-state index is -3.79. The lowest BCUT2D eigenvalue weighted by molar-refractivity contribution is 0.102. The number of nitrogens with zero attached hydrogens (tertiary/aromatic N) is 1. The van der Waals surface area contributed by atoms with E-state index in [1.807, 2.05) is 42.5 Å². The van der Waals surface area contributed by atoms with Gasteiger partial charge in [0, 0.05) is 43.1 Å². The van der Waals surface area contributed by atoms with E-state index >= 15 is 0 Å². The zero-order valence-electron chi connectivity index (χ0n) is 21.7. The highest BCUT2D eigenvalue weighted by molar-refractivity contribution is 7.92. The van der Waals surface area contributed by atoms with Gasteiger partial charge >= 0.3 is 0 Å². The molecule has 0 saturated carbocycles. The smallest absolute Gasteiger partial charge is 0.262 e. The van der Waals surface area contributed by atoms with Gasteiger partial charge in [-0.1, -0.05) is 18.2 Å². The van der Waals surface area contributed by atoms with Crippen LogP contribution in [0.3, 0.4) is 0 Å². The highest BCUT2D eigenvalue weighted by Gasteiger charge is 2.21. The summed E-state index contributed by atoms with van der Waals surface area (Å²) in [5.41, 5.74) is 1.51. The molecule has 3 aromatic rings. The number of hydrogen-bond acceptors (Lipinski definition) is 8. The van der Waals surface area contributed by atoms with E-state index in [2.05, 4.69) is 14.9 Å². The molecule has 9 nitrogen and oxygen atoms in total. The fourth-order valence-electron chi connectivity index (χ4n) is 4.35. The van der Waals surface area contributed by atoms with Crippen LogP contribution in [0.4, 0.5) is 11.4 Å². The third-order valence-electron chi connectivity index (χ3n) is 6.47. The molecule has 1 heterocycles. The Morgan fingerprint density at radius 1 is 0.947 bits per heavy atom. The fraction of sp³-hybridized carbons (Fsp3) is 0.357. The minimum Gasteiger partial charge on any atom is -0.493 e. The van der Waals surface area contributed by atoms with Crippen molar-refractivity contribution in [2.24, 2.45) is 0 Å². The molecule has 0 amide bonds. The van der Waals surface area contributed by atoms with Crippen molar-refractivity contribution in [1.82, 2.24) is 5.32 Å². The van der Waals surface area contributed by atoms with Gasteiger partial charge in [0.15, 0.2) is 11.5 Å². The first-order chi connectivity index (χ1) is 18.4. The number of aliphatic hydroxyl groups excluding tert-OH is 1. The lowest BCUT2D eigenvalue weighted by Gasteiger charge is -2.34. The quantitative estimate of drug-likeness (QED) is 0.320. The van der Waals surface area contributed by atoms with Crippen molar-refractivity contribution in [2.75, 3.05) is 50.1 Å². The van der Waals surface area contributed by atoms with Gasteiger partial charge in [0.1, 0.15) is 18.5 Å². The van der Waals surface area contributed by atoms with Gasteiger partial charge in [-0.2, -0.15) is 0 Å². The van der Waals surface area contributed by atoms with Crippen LogP contribution in [0.25, 0.3) is 0 Å². The monoisotopic (exact) mass is 541 g/mol. The molecule has 0 unspecified atom stereocenters. The van der Waals surface area contributed by atoms with Crippen LogP contribution in [-0.4, -0.2) is 66.1 Å². The Morgan fingerprint density at radius 2 is 1.63 bits per heavy atom.